The van der Waals surface area contributed by atoms with Crippen LogP contribution in [0.4, 0.5) is 0 Å². The molecule has 0 unspecified atom stereocenters. The first-order chi connectivity index (χ1) is 14.8. The van der Waals surface area contributed by atoms with Crippen LogP contribution in [0.1, 0.15) is 64.1 Å². The topological polar surface area (TPSA) is 130 Å². The van der Waals surface area contributed by atoms with E-state index in [0.717, 1.165) is 40.7 Å². The summed E-state index contributed by atoms with van der Waals surface area (Å²) in [4.78, 5) is 11.9. The zero-order chi connectivity index (χ0) is 23.6. The van der Waals surface area contributed by atoms with E-state index in [1.807, 2.05) is 19.9 Å². The normalized spacial score (nSPS) is 39.3. The van der Waals surface area contributed by atoms with E-state index in [2.05, 4.69) is 12.0 Å². The minimum absolute atomic E-state index is 0.000764. The third-order valence-corrected chi connectivity index (χ3v) is 9.70. The van der Waals surface area contributed by atoms with Crippen molar-refractivity contribution in [1.82, 2.24) is 9.19 Å². The van der Waals surface area contributed by atoms with Gasteiger partial charge in [-0.2, -0.15) is 9.19 Å². The molecular formula is C23H34N2O6S. The minimum atomic E-state index is -3.49. The van der Waals surface area contributed by atoms with E-state index in [1.54, 1.807) is 6.20 Å². The van der Waals surface area contributed by atoms with Crippen molar-refractivity contribution >= 4 is 22.1 Å². The van der Waals surface area contributed by atoms with Gasteiger partial charge < -0.3 is 15.3 Å². The summed E-state index contributed by atoms with van der Waals surface area (Å²) in [5, 5.41) is 35.6. The summed E-state index contributed by atoms with van der Waals surface area (Å²) in [6, 6.07) is 0. The zero-order valence-corrected chi connectivity index (χ0v) is 20.0. The molecule has 8 nitrogen and oxygen atoms in total. The standard InChI is InChI=1S/C23H34N2O6S/c1-13-9-16-12-24-25(32(4,30)31)19(16)10-15(13)5-6-17-14(2)20(26)11-22(3)18(17)7-8-23(22,29)21(27)28/h10,12-14,17-18,20,26,29H,5-9,11H2,1-4H3,(H,27,28)/t13-,14-,17-,18+,20+,22+,23+/m1/s1. The molecule has 2 saturated carbocycles. The highest BCUT2D eigenvalue weighted by Gasteiger charge is 2.65. The predicted octanol–water partition coefficient (Wildman–Crippen LogP) is 2.30. The Hall–Kier alpha value is -1.71. The number of aliphatic hydroxyl groups excluding tert-OH is 1. The maximum atomic E-state index is 12.1. The fraction of sp³-hybridized carbons (Fsp3) is 0.739. The van der Waals surface area contributed by atoms with Gasteiger partial charge in [0.15, 0.2) is 5.60 Å². The monoisotopic (exact) mass is 466 g/mol. The Morgan fingerprint density at radius 1 is 1.34 bits per heavy atom. The summed E-state index contributed by atoms with van der Waals surface area (Å²) < 4.78 is 25.3. The Balaban J connectivity index is 1.60. The molecule has 3 N–H and O–H groups in total. The third-order valence-electron chi connectivity index (χ3n) is 8.78. The molecule has 7 atom stereocenters. The van der Waals surface area contributed by atoms with Crippen LogP contribution in [0, 0.1) is 29.1 Å². The van der Waals surface area contributed by atoms with Gasteiger partial charge in [0, 0.05) is 5.41 Å². The van der Waals surface area contributed by atoms with E-state index >= 15 is 0 Å². The van der Waals surface area contributed by atoms with Crippen molar-refractivity contribution in [3.63, 3.8) is 0 Å². The van der Waals surface area contributed by atoms with E-state index in [-0.39, 0.29) is 36.5 Å². The largest absolute Gasteiger partial charge is 0.479 e. The Labute approximate surface area is 189 Å². The molecule has 0 radical (unpaired) electrons. The van der Waals surface area contributed by atoms with Crippen LogP contribution in [0.2, 0.25) is 0 Å². The maximum absolute atomic E-state index is 12.1. The van der Waals surface area contributed by atoms with Crippen LogP contribution in [0.15, 0.2) is 11.8 Å². The average Bonchev–Trinajstić information content (AvgIpc) is 3.21. The number of rotatable bonds is 5. The van der Waals surface area contributed by atoms with Crippen molar-refractivity contribution in [2.45, 2.75) is 71.0 Å². The second kappa shape index (κ2) is 7.67. The highest BCUT2D eigenvalue weighted by molar-refractivity contribution is 7.89. The summed E-state index contributed by atoms with van der Waals surface area (Å²) >= 11 is 0. The fourth-order valence-corrected chi connectivity index (χ4v) is 7.49. The first kappa shape index (κ1) is 23.4. The van der Waals surface area contributed by atoms with Crippen LogP contribution >= 0.6 is 0 Å². The number of carboxylic acids is 1. The molecule has 2 fully saturated rings. The summed E-state index contributed by atoms with van der Waals surface area (Å²) in [7, 11) is -3.49. The van der Waals surface area contributed by atoms with Crippen LogP contribution < -0.4 is 0 Å². The lowest BCUT2D eigenvalue weighted by Crippen LogP contribution is -2.57. The molecule has 0 spiro atoms. The molecule has 9 heteroatoms. The van der Waals surface area contributed by atoms with Crippen LogP contribution in [-0.4, -0.2) is 56.9 Å². The molecule has 32 heavy (non-hydrogen) atoms. The molecular weight excluding hydrogens is 432 g/mol. The lowest BCUT2D eigenvalue weighted by Gasteiger charge is -2.51. The van der Waals surface area contributed by atoms with Crippen molar-refractivity contribution in [2.75, 3.05) is 6.26 Å². The fourth-order valence-electron chi connectivity index (χ4n) is 6.74. The molecule has 178 valence electrons. The number of fused-ring (bicyclic) bond motifs is 2. The molecule has 0 amide bonds. The SMILES string of the molecule is C[C@@H]1[C@@H](CCC2=Cc3c(cnn3S(C)(=O)=O)C[C@H]2C)[C@@H]2CC[C@](O)(C(=O)O)[C@@]2(C)C[C@@H]1O. The highest BCUT2D eigenvalue weighted by Crippen LogP contribution is 2.61. The molecule has 0 bridgehead atoms. The average molecular weight is 467 g/mol. The minimum Gasteiger partial charge on any atom is -0.479 e. The van der Waals surface area contributed by atoms with Crippen molar-refractivity contribution in [2.24, 2.45) is 29.1 Å². The predicted molar refractivity (Wildman–Crippen MR) is 119 cm³/mol. The first-order valence-electron chi connectivity index (χ1n) is 11.4. The molecule has 3 aliphatic rings. The molecule has 3 aliphatic carbocycles. The van der Waals surface area contributed by atoms with E-state index in [4.69, 9.17) is 0 Å². The van der Waals surface area contributed by atoms with Gasteiger partial charge in [-0.15, -0.1) is 0 Å². The summed E-state index contributed by atoms with van der Waals surface area (Å²) in [6.07, 6.45) is 7.35. The number of carboxylic acid groups (broad SMARTS) is 1. The van der Waals surface area contributed by atoms with Gasteiger partial charge in [-0.3, -0.25) is 0 Å². The molecule has 4 rings (SSSR count). The number of hydrogen-bond acceptors (Lipinski definition) is 6. The molecule has 1 heterocycles. The molecule has 1 aromatic rings. The molecule has 0 aliphatic heterocycles. The van der Waals surface area contributed by atoms with Gasteiger partial charge in [-0.25, -0.2) is 13.2 Å². The highest BCUT2D eigenvalue weighted by atomic mass is 32.2. The van der Waals surface area contributed by atoms with Gasteiger partial charge in [0.2, 0.25) is 0 Å². The third kappa shape index (κ3) is 3.44. The van der Waals surface area contributed by atoms with Crippen molar-refractivity contribution < 1.29 is 28.5 Å². The van der Waals surface area contributed by atoms with Gasteiger partial charge in [0.05, 0.1) is 24.3 Å². The van der Waals surface area contributed by atoms with Crippen LogP contribution in [-0.2, 0) is 21.2 Å². The quantitative estimate of drug-likeness (QED) is 0.607. The Morgan fingerprint density at radius 3 is 2.66 bits per heavy atom. The first-order valence-corrected chi connectivity index (χ1v) is 13.3. The van der Waals surface area contributed by atoms with Gasteiger partial charge in [-0.05, 0) is 73.8 Å². The van der Waals surface area contributed by atoms with E-state index < -0.39 is 33.1 Å². The van der Waals surface area contributed by atoms with Gasteiger partial charge in [0.1, 0.15) is 0 Å². The zero-order valence-electron chi connectivity index (χ0n) is 19.2. The lowest BCUT2D eigenvalue weighted by molar-refractivity contribution is -0.185. The van der Waals surface area contributed by atoms with Gasteiger partial charge >= 0.3 is 5.97 Å². The number of carbonyl (C=O) groups is 1. The lowest BCUT2D eigenvalue weighted by atomic mass is 9.55. The maximum Gasteiger partial charge on any atom is 0.336 e. The van der Waals surface area contributed by atoms with Crippen LogP contribution in [0.25, 0.3) is 6.08 Å². The summed E-state index contributed by atoms with van der Waals surface area (Å²) in [5.74, 6) is -0.867. The number of nitrogens with zero attached hydrogens (tertiary/aromatic N) is 2. The van der Waals surface area contributed by atoms with Crippen molar-refractivity contribution in [1.29, 1.82) is 0 Å². The Kier molecular flexibility index (Phi) is 5.62. The number of allylic oxidation sites excluding steroid dienone is 1. The second-order valence-corrected chi connectivity index (χ2v) is 12.4. The van der Waals surface area contributed by atoms with Crippen molar-refractivity contribution in [3.05, 3.63) is 23.0 Å². The summed E-state index contributed by atoms with van der Waals surface area (Å²) in [5.41, 5.74) is -0.00951. The Morgan fingerprint density at radius 2 is 2.03 bits per heavy atom. The van der Waals surface area contributed by atoms with E-state index in [9.17, 15) is 28.5 Å². The van der Waals surface area contributed by atoms with Gasteiger partial charge in [-0.1, -0.05) is 26.3 Å². The van der Waals surface area contributed by atoms with Crippen LogP contribution in [0.3, 0.4) is 0 Å². The number of aromatic nitrogens is 2. The number of aliphatic hydroxyl groups is 2. The van der Waals surface area contributed by atoms with Gasteiger partial charge in [0.25, 0.3) is 10.0 Å². The number of hydrogen-bond donors (Lipinski definition) is 3. The smallest absolute Gasteiger partial charge is 0.336 e. The van der Waals surface area contributed by atoms with E-state index in [0.29, 0.717) is 12.1 Å². The number of aliphatic carboxylic acids is 1. The molecule has 1 aromatic heterocycles. The molecule has 0 saturated heterocycles. The van der Waals surface area contributed by atoms with Crippen molar-refractivity contribution in [3.8, 4) is 0 Å². The second-order valence-electron chi connectivity index (χ2n) is 10.5. The molecule has 0 aromatic carbocycles. The Bertz CT molecular complexity index is 1060. The van der Waals surface area contributed by atoms with E-state index in [1.165, 1.54) is 0 Å². The van der Waals surface area contributed by atoms with Crippen LogP contribution in [0.5, 0.6) is 0 Å². The summed E-state index contributed by atoms with van der Waals surface area (Å²) in [6.45, 7) is 5.96.